The van der Waals surface area contributed by atoms with E-state index in [2.05, 4.69) is 63.4 Å². The highest BCUT2D eigenvalue weighted by Crippen LogP contribution is 1.94. The Labute approximate surface area is 136 Å². The third-order valence-electron chi connectivity index (χ3n) is 0. The molecule has 0 aromatic rings. The van der Waals surface area contributed by atoms with Gasteiger partial charge in [-0.1, -0.05) is 26.2 Å². The van der Waals surface area contributed by atoms with Gasteiger partial charge in [-0.25, -0.2) is 0 Å². The highest BCUT2D eigenvalue weighted by Gasteiger charge is 2.04. The molecule has 0 saturated carbocycles. The van der Waals surface area contributed by atoms with Crippen molar-refractivity contribution in [1.29, 1.82) is 0 Å². The van der Waals surface area contributed by atoms with Crippen molar-refractivity contribution < 1.29 is 9.59 Å². The van der Waals surface area contributed by atoms with Crippen LogP contribution in [0.1, 0.15) is 0 Å². The van der Waals surface area contributed by atoms with Gasteiger partial charge >= 0.3 is 0 Å². The van der Waals surface area contributed by atoms with Crippen molar-refractivity contribution in [1.82, 2.24) is 0 Å². The van der Waals surface area contributed by atoms with Crippen LogP contribution >= 0.6 is 37.2 Å². The molecule has 0 saturated heterocycles. The van der Waals surface area contributed by atoms with Crippen LogP contribution in [0.25, 0.3) is 0 Å². The van der Waals surface area contributed by atoms with Crippen LogP contribution in [0.2, 0.25) is 65.5 Å². The van der Waals surface area contributed by atoms with Crippen LogP contribution in [0.4, 0.5) is 0 Å². The lowest BCUT2D eigenvalue weighted by atomic mass is 11.8. The quantitative estimate of drug-likeness (QED) is 0.333. The number of halogens is 2. The van der Waals surface area contributed by atoms with Gasteiger partial charge in [-0.05, 0) is 39.3 Å². The molecule has 110 valence electrons. The van der Waals surface area contributed by atoms with E-state index in [0.717, 1.165) is 0 Å². The molecule has 0 rings (SSSR count). The molecule has 0 bridgehead atoms. The minimum Gasteiger partial charge on any atom is -0.433 e. The fraction of sp³-hybridized carbons (Fsp3) is 1.00. The Kier molecular flexibility index (Phi) is 21.0. The van der Waals surface area contributed by atoms with E-state index in [9.17, 15) is 0 Å². The van der Waals surface area contributed by atoms with Gasteiger partial charge in [0, 0.05) is 45.3 Å². The normalized spacial score (nSPS) is 10.9. The summed E-state index contributed by atoms with van der Waals surface area (Å²) < 4.78 is 0. The molecule has 2 nitrogen and oxygen atoms in total. The molecular weight excluding hydrogens is 490 g/mol. The number of hydrogen-bond acceptors (Lipinski definition) is 2. The van der Waals surface area contributed by atoms with Crippen LogP contribution in [0.3, 0.4) is 0 Å². The lowest BCUT2D eigenvalue weighted by molar-refractivity contribution is 0.559. The first-order chi connectivity index (χ1) is 7.00. The molecule has 0 aliphatic carbocycles. The predicted octanol–water partition coefficient (Wildman–Crippen LogP) is 5.35. The Balaban J connectivity index is -0.0000000693. The summed E-state index contributed by atoms with van der Waals surface area (Å²) in [5.41, 5.74) is 0. The van der Waals surface area contributed by atoms with E-state index >= 15 is 0 Å². The summed E-state index contributed by atoms with van der Waals surface area (Å²) in [7, 11) is -3.83. The zero-order chi connectivity index (χ0) is 15.5. The van der Waals surface area contributed by atoms with Gasteiger partial charge < -0.3 is 9.59 Å². The zero-order valence-electron chi connectivity index (χ0n) is 13.2. The maximum atomic E-state index is 8.66. The third-order valence-corrected chi connectivity index (χ3v) is 0. The van der Waals surface area contributed by atoms with Gasteiger partial charge in [-0.3, -0.25) is 0 Å². The summed E-state index contributed by atoms with van der Waals surface area (Å²) in [6.07, 6.45) is 0. The average molecular weight is 522 g/mol. The van der Waals surface area contributed by atoms with E-state index in [1.165, 1.54) is 0 Å². The van der Waals surface area contributed by atoms with Gasteiger partial charge in [0.25, 0.3) is 0 Å². The maximum absolute atomic E-state index is 8.66. The monoisotopic (exact) mass is 522 g/mol. The molecule has 0 radical (unpaired) electrons. The standard InChI is InChI=1S/C4H12Si.2C3H10OSi.I2/c3*1-5(2,3)4;1-2/h1-4H3;2*4H,1-3H3;. The van der Waals surface area contributed by atoms with Crippen LogP contribution < -0.4 is 0 Å². The van der Waals surface area contributed by atoms with Crippen LogP contribution in [0, 0.1) is 0 Å². The van der Waals surface area contributed by atoms with E-state index in [1.54, 1.807) is 0 Å². The first-order valence-corrected chi connectivity index (χ1v) is 22.8. The fourth-order valence-electron chi connectivity index (χ4n) is 0. The molecule has 0 atom stereocenters. The van der Waals surface area contributed by atoms with Gasteiger partial charge in [0.1, 0.15) is 0 Å². The van der Waals surface area contributed by atoms with E-state index in [-0.39, 0.29) is 0 Å². The van der Waals surface area contributed by atoms with Crippen molar-refractivity contribution >= 4 is 61.9 Å². The average Bonchev–Trinajstić information content (AvgIpc) is 1.77. The summed E-state index contributed by atoms with van der Waals surface area (Å²) in [5, 5.41) is 0. The van der Waals surface area contributed by atoms with Gasteiger partial charge in [-0.2, -0.15) is 0 Å². The van der Waals surface area contributed by atoms with Crippen LogP contribution in [0.5, 0.6) is 0 Å². The highest BCUT2D eigenvalue weighted by molar-refractivity contribution is 15.0. The molecule has 17 heavy (non-hydrogen) atoms. The first kappa shape index (κ1) is 27.4. The van der Waals surface area contributed by atoms with E-state index < -0.39 is 24.7 Å². The minimum atomic E-state index is -1.61. The number of rotatable bonds is 0. The zero-order valence-corrected chi connectivity index (χ0v) is 20.5. The molecule has 0 fully saturated rings. The van der Waals surface area contributed by atoms with Crippen LogP contribution in [0.15, 0.2) is 0 Å². The summed E-state index contributed by atoms with van der Waals surface area (Å²) in [6, 6.07) is 0. The first-order valence-electron chi connectivity index (χ1n) is 5.59. The lowest BCUT2D eigenvalue weighted by Crippen LogP contribution is -2.17. The Morgan fingerprint density at radius 1 is 0.529 bits per heavy atom. The van der Waals surface area contributed by atoms with Crippen LogP contribution in [-0.4, -0.2) is 34.3 Å². The molecule has 0 heterocycles. The Morgan fingerprint density at radius 3 is 0.529 bits per heavy atom. The second-order valence-corrected chi connectivity index (χ2v) is 22.0. The highest BCUT2D eigenvalue weighted by atomic mass is 128. The SMILES string of the molecule is C[Si](C)(C)C.C[Si](C)(C)O.C[Si](C)(C)O.II. The molecule has 0 aliphatic heterocycles. The van der Waals surface area contributed by atoms with Crippen molar-refractivity contribution in [2.45, 2.75) is 65.5 Å². The second-order valence-electron chi connectivity index (χ2n) is 7.34. The van der Waals surface area contributed by atoms with Gasteiger partial charge in [0.2, 0.25) is 0 Å². The minimum absolute atomic E-state index is 0.611. The second kappa shape index (κ2) is 13.0. The van der Waals surface area contributed by atoms with Crippen molar-refractivity contribution in [3.05, 3.63) is 0 Å². The summed E-state index contributed by atoms with van der Waals surface area (Å²) >= 11 is 4.24. The maximum Gasteiger partial charge on any atom is 0.179 e. The van der Waals surface area contributed by atoms with Crippen molar-refractivity contribution in [2.24, 2.45) is 0 Å². The van der Waals surface area contributed by atoms with E-state index in [4.69, 9.17) is 9.59 Å². The fourth-order valence-corrected chi connectivity index (χ4v) is 0. The third kappa shape index (κ3) is 1120. The molecule has 0 aromatic heterocycles. The van der Waals surface area contributed by atoms with E-state index in [1.807, 2.05) is 39.3 Å². The van der Waals surface area contributed by atoms with Gasteiger partial charge in [0.15, 0.2) is 16.6 Å². The predicted molar refractivity (Wildman–Crippen MR) is 108 cm³/mol. The van der Waals surface area contributed by atoms with Gasteiger partial charge in [-0.15, -0.1) is 0 Å². The van der Waals surface area contributed by atoms with Crippen molar-refractivity contribution in [2.75, 3.05) is 0 Å². The van der Waals surface area contributed by atoms with Crippen molar-refractivity contribution in [3.63, 3.8) is 0 Å². The summed E-state index contributed by atoms with van der Waals surface area (Å²) in [4.78, 5) is 17.3. The molecule has 2 N–H and O–H groups in total. The lowest BCUT2D eigenvalue weighted by Gasteiger charge is -2.01. The van der Waals surface area contributed by atoms with Gasteiger partial charge in [0.05, 0.1) is 0 Å². The summed E-state index contributed by atoms with van der Waals surface area (Å²) in [5.74, 6) is 0. The Hall–Kier alpha value is 2.03. The van der Waals surface area contributed by atoms with Crippen LogP contribution in [-0.2, 0) is 0 Å². The molecule has 7 heteroatoms. The summed E-state index contributed by atoms with van der Waals surface area (Å²) in [6.45, 7) is 20.6. The molecule has 0 unspecified atom stereocenters. The molecule has 0 amide bonds. The smallest absolute Gasteiger partial charge is 0.179 e. The largest absolute Gasteiger partial charge is 0.433 e. The molecule has 0 spiro atoms. The van der Waals surface area contributed by atoms with E-state index in [0.29, 0.717) is 0 Å². The molecule has 0 aliphatic rings. The molecule has 0 aromatic carbocycles. The number of hydrogen-bond donors (Lipinski definition) is 2. The Morgan fingerprint density at radius 2 is 0.529 bits per heavy atom. The van der Waals surface area contributed by atoms with Crippen molar-refractivity contribution in [3.8, 4) is 0 Å². The molecular formula is C10H32I2O2Si3. The topological polar surface area (TPSA) is 40.5 Å². The Bertz CT molecular complexity index is 103.